The zero-order chi connectivity index (χ0) is 17.7. The molecule has 0 bridgehead atoms. The minimum atomic E-state index is -0.546. The van der Waals surface area contributed by atoms with Crippen molar-refractivity contribution in [3.63, 3.8) is 0 Å². The molecule has 4 nitrogen and oxygen atoms in total. The molecule has 5 heteroatoms. The molecule has 0 aromatic heterocycles. The number of hydrogen-bond donors (Lipinski definition) is 1. The molecular formula is C20H24FNO3. The number of rotatable bonds is 12. The van der Waals surface area contributed by atoms with Crippen molar-refractivity contribution in [1.82, 2.24) is 5.32 Å². The highest BCUT2D eigenvalue weighted by atomic mass is 19.1. The Morgan fingerprint density at radius 2 is 1.72 bits per heavy atom. The molecule has 2 rings (SSSR count). The summed E-state index contributed by atoms with van der Waals surface area (Å²) in [6.07, 6.45) is 1.34. The molecule has 0 aliphatic rings. The lowest BCUT2D eigenvalue weighted by Gasteiger charge is -2.21. The Kier molecular flexibility index (Phi) is 8.35. The number of ether oxygens (including phenoxy) is 3. The summed E-state index contributed by atoms with van der Waals surface area (Å²) < 4.78 is 29.7. The van der Waals surface area contributed by atoms with E-state index >= 15 is 0 Å². The summed E-state index contributed by atoms with van der Waals surface area (Å²) in [5, 5.41) is 2.99. The van der Waals surface area contributed by atoms with Crippen LogP contribution in [0.2, 0.25) is 0 Å². The van der Waals surface area contributed by atoms with Crippen LogP contribution in [-0.4, -0.2) is 33.0 Å². The Morgan fingerprint density at radius 3 is 2.44 bits per heavy atom. The maximum absolute atomic E-state index is 12.4. The van der Waals surface area contributed by atoms with Crippen LogP contribution in [-0.2, 0) is 4.74 Å². The Balaban J connectivity index is 2.06. The molecule has 0 unspecified atom stereocenters. The number of alkyl halides is 1. The highest BCUT2D eigenvalue weighted by molar-refractivity contribution is 5.40. The SMILES string of the molecule is C=CNCCOC[C@@H](Oc1ccccc1OCCF)c1ccccc1. The molecule has 134 valence electrons. The molecule has 0 fully saturated rings. The van der Waals surface area contributed by atoms with Gasteiger partial charge >= 0.3 is 0 Å². The maximum atomic E-state index is 12.4. The fourth-order valence-corrected chi connectivity index (χ4v) is 2.26. The smallest absolute Gasteiger partial charge is 0.162 e. The van der Waals surface area contributed by atoms with Gasteiger partial charge in [-0.1, -0.05) is 49.0 Å². The highest BCUT2D eigenvalue weighted by Gasteiger charge is 2.16. The van der Waals surface area contributed by atoms with Gasteiger partial charge in [0.1, 0.15) is 19.4 Å². The number of hydrogen-bond acceptors (Lipinski definition) is 4. The van der Waals surface area contributed by atoms with Crippen LogP contribution in [0, 0.1) is 0 Å². The fourth-order valence-electron chi connectivity index (χ4n) is 2.26. The summed E-state index contributed by atoms with van der Waals surface area (Å²) in [7, 11) is 0. The minimum absolute atomic E-state index is 0.0000989. The van der Waals surface area contributed by atoms with Crippen molar-refractivity contribution in [2.45, 2.75) is 6.10 Å². The van der Waals surface area contributed by atoms with Crippen molar-refractivity contribution in [2.24, 2.45) is 0 Å². The molecule has 0 heterocycles. The molecule has 25 heavy (non-hydrogen) atoms. The van der Waals surface area contributed by atoms with Crippen LogP contribution >= 0.6 is 0 Å². The van der Waals surface area contributed by atoms with E-state index in [9.17, 15) is 4.39 Å². The molecule has 0 spiro atoms. The van der Waals surface area contributed by atoms with Gasteiger partial charge in [-0.2, -0.15) is 0 Å². The molecule has 0 radical (unpaired) electrons. The van der Waals surface area contributed by atoms with Crippen LogP contribution in [0.4, 0.5) is 4.39 Å². The quantitative estimate of drug-likeness (QED) is 0.592. The summed E-state index contributed by atoms with van der Waals surface area (Å²) in [5.74, 6) is 1.09. The van der Waals surface area contributed by atoms with Gasteiger partial charge in [-0.3, -0.25) is 0 Å². The maximum Gasteiger partial charge on any atom is 0.162 e. The van der Waals surface area contributed by atoms with Crippen LogP contribution in [0.15, 0.2) is 67.4 Å². The fraction of sp³-hybridized carbons (Fsp3) is 0.300. The molecule has 0 aliphatic heterocycles. The molecule has 0 saturated carbocycles. The molecule has 0 aliphatic carbocycles. The van der Waals surface area contributed by atoms with Crippen LogP contribution in [0.5, 0.6) is 11.5 Å². The molecule has 1 N–H and O–H groups in total. The minimum Gasteiger partial charge on any atom is -0.487 e. The molecule has 1 atom stereocenters. The zero-order valence-corrected chi connectivity index (χ0v) is 14.2. The summed E-state index contributed by atoms with van der Waals surface area (Å²) in [4.78, 5) is 0. The van der Waals surface area contributed by atoms with E-state index in [2.05, 4.69) is 11.9 Å². The van der Waals surface area contributed by atoms with Crippen molar-refractivity contribution in [1.29, 1.82) is 0 Å². The predicted molar refractivity (Wildman–Crippen MR) is 96.7 cm³/mol. The van der Waals surface area contributed by atoms with Crippen LogP contribution in [0.25, 0.3) is 0 Å². The summed E-state index contributed by atoms with van der Waals surface area (Å²) in [6, 6.07) is 17.1. The van der Waals surface area contributed by atoms with E-state index in [0.29, 0.717) is 31.3 Å². The summed E-state index contributed by atoms with van der Waals surface area (Å²) >= 11 is 0. The Labute approximate surface area is 148 Å². The summed E-state index contributed by atoms with van der Waals surface area (Å²) in [5.41, 5.74) is 1.000. The molecule has 0 amide bonds. The Hall–Kier alpha value is -2.53. The second-order valence-corrected chi connectivity index (χ2v) is 5.23. The number of nitrogens with one attached hydrogen (secondary N) is 1. The van der Waals surface area contributed by atoms with E-state index < -0.39 is 6.67 Å². The first-order chi connectivity index (χ1) is 12.3. The Bertz CT molecular complexity index is 621. The highest BCUT2D eigenvalue weighted by Crippen LogP contribution is 2.31. The lowest BCUT2D eigenvalue weighted by Crippen LogP contribution is -2.19. The Morgan fingerprint density at radius 1 is 1.00 bits per heavy atom. The lowest BCUT2D eigenvalue weighted by molar-refractivity contribution is 0.0499. The van der Waals surface area contributed by atoms with E-state index in [1.807, 2.05) is 48.5 Å². The van der Waals surface area contributed by atoms with E-state index in [1.165, 1.54) is 0 Å². The van der Waals surface area contributed by atoms with Gasteiger partial charge in [-0.25, -0.2) is 4.39 Å². The van der Waals surface area contributed by atoms with Gasteiger partial charge in [-0.05, 0) is 23.9 Å². The van der Waals surface area contributed by atoms with Crippen LogP contribution in [0.1, 0.15) is 11.7 Å². The van der Waals surface area contributed by atoms with E-state index in [-0.39, 0.29) is 12.7 Å². The second kappa shape index (κ2) is 11.1. The largest absolute Gasteiger partial charge is 0.487 e. The molecule has 2 aromatic carbocycles. The van der Waals surface area contributed by atoms with Gasteiger partial charge in [-0.15, -0.1) is 0 Å². The predicted octanol–water partition coefficient (Wildman–Crippen LogP) is 3.90. The van der Waals surface area contributed by atoms with E-state index in [1.54, 1.807) is 12.3 Å². The summed E-state index contributed by atoms with van der Waals surface area (Å²) in [6.45, 7) is 4.66. The first-order valence-corrected chi connectivity index (χ1v) is 8.26. The normalized spacial score (nSPS) is 11.6. The lowest BCUT2D eigenvalue weighted by atomic mass is 10.1. The first kappa shape index (κ1) is 18.8. The van der Waals surface area contributed by atoms with Gasteiger partial charge in [0.15, 0.2) is 11.5 Å². The average molecular weight is 345 g/mol. The third-order valence-corrected chi connectivity index (χ3v) is 3.43. The van der Waals surface area contributed by atoms with Gasteiger partial charge in [0.05, 0.1) is 13.2 Å². The second-order valence-electron chi connectivity index (χ2n) is 5.23. The molecular weight excluding hydrogens is 321 g/mol. The van der Waals surface area contributed by atoms with Crippen molar-refractivity contribution in [3.05, 3.63) is 72.9 Å². The third-order valence-electron chi connectivity index (χ3n) is 3.43. The van der Waals surface area contributed by atoms with Crippen LogP contribution < -0.4 is 14.8 Å². The van der Waals surface area contributed by atoms with E-state index in [4.69, 9.17) is 14.2 Å². The van der Waals surface area contributed by atoms with E-state index in [0.717, 1.165) is 5.56 Å². The number of halogens is 1. The van der Waals surface area contributed by atoms with Gasteiger partial charge in [0.25, 0.3) is 0 Å². The van der Waals surface area contributed by atoms with Crippen molar-refractivity contribution in [2.75, 3.05) is 33.0 Å². The number of para-hydroxylation sites is 2. The average Bonchev–Trinajstić information content (AvgIpc) is 2.67. The monoisotopic (exact) mass is 345 g/mol. The van der Waals surface area contributed by atoms with Gasteiger partial charge < -0.3 is 19.5 Å². The van der Waals surface area contributed by atoms with Gasteiger partial charge in [0.2, 0.25) is 0 Å². The van der Waals surface area contributed by atoms with Crippen LogP contribution in [0.3, 0.4) is 0 Å². The first-order valence-electron chi connectivity index (χ1n) is 8.26. The standard InChI is InChI=1S/C20H24FNO3/c1-2-22-13-15-23-16-20(17-8-4-3-5-9-17)25-19-11-7-6-10-18(19)24-14-12-21/h2-11,20,22H,1,12-16H2/t20-/m1/s1. The van der Waals surface area contributed by atoms with Crippen molar-refractivity contribution < 1.29 is 18.6 Å². The van der Waals surface area contributed by atoms with Crippen molar-refractivity contribution in [3.8, 4) is 11.5 Å². The topological polar surface area (TPSA) is 39.7 Å². The number of benzene rings is 2. The molecule has 0 saturated heterocycles. The molecule has 2 aromatic rings. The third kappa shape index (κ3) is 6.47. The van der Waals surface area contributed by atoms with Crippen molar-refractivity contribution >= 4 is 0 Å². The van der Waals surface area contributed by atoms with Gasteiger partial charge in [0, 0.05) is 6.54 Å². The zero-order valence-electron chi connectivity index (χ0n) is 14.2.